The van der Waals surface area contributed by atoms with E-state index < -0.39 is 11.7 Å². The van der Waals surface area contributed by atoms with Crippen molar-refractivity contribution in [2.24, 2.45) is 0 Å². The number of halogens is 3. The third-order valence-electron chi connectivity index (χ3n) is 5.06. The van der Waals surface area contributed by atoms with Gasteiger partial charge in [-0.15, -0.1) is 0 Å². The third-order valence-corrected chi connectivity index (χ3v) is 5.06. The molecule has 0 saturated carbocycles. The monoisotopic (exact) mass is 412 g/mol. The fraction of sp³-hybridized carbons (Fsp3) is 0.600. The van der Waals surface area contributed by atoms with Gasteiger partial charge < -0.3 is 14.2 Å². The molecule has 0 spiro atoms. The number of piperazine rings is 1. The molecule has 1 aromatic heterocycles. The second kappa shape index (κ2) is 10.2. The lowest BCUT2D eigenvalue weighted by atomic mass is 10.1. The van der Waals surface area contributed by atoms with Gasteiger partial charge in [-0.05, 0) is 37.9 Å². The largest absolute Gasteiger partial charge is 0.416 e. The highest BCUT2D eigenvalue weighted by atomic mass is 19.4. The summed E-state index contributed by atoms with van der Waals surface area (Å²) < 4.78 is 49.0. The lowest BCUT2D eigenvalue weighted by Crippen LogP contribution is -2.46. The number of hydrogen-bond acceptors (Lipinski definition) is 6. The minimum absolute atomic E-state index is 0.181. The van der Waals surface area contributed by atoms with Crippen molar-refractivity contribution in [3.8, 4) is 11.4 Å². The first kappa shape index (κ1) is 21.7. The highest BCUT2D eigenvalue weighted by Crippen LogP contribution is 2.31. The number of methoxy groups -OCH3 is 1. The molecule has 29 heavy (non-hydrogen) atoms. The molecule has 6 nitrogen and oxygen atoms in total. The minimum Gasteiger partial charge on any atom is -0.385 e. The van der Waals surface area contributed by atoms with E-state index in [-0.39, 0.29) is 5.82 Å². The van der Waals surface area contributed by atoms with Gasteiger partial charge in [0.2, 0.25) is 11.7 Å². The molecule has 160 valence electrons. The van der Waals surface area contributed by atoms with Crippen molar-refractivity contribution in [1.29, 1.82) is 0 Å². The van der Waals surface area contributed by atoms with Gasteiger partial charge in [0, 0.05) is 45.5 Å². The van der Waals surface area contributed by atoms with E-state index in [0.29, 0.717) is 18.0 Å². The summed E-state index contributed by atoms with van der Waals surface area (Å²) in [7, 11) is 1.73. The molecule has 0 radical (unpaired) electrons. The van der Waals surface area contributed by atoms with Crippen molar-refractivity contribution in [2.75, 3.05) is 46.4 Å². The third kappa shape index (κ3) is 6.52. The number of unbranched alkanes of at least 4 members (excludes halogenated alkanes) is 2. The molecule has 9 heteroatoms. The highest BCUT2D eigenvalue weighted by Gasteiger charge is 2.30. The van der Waals surface area contributed by atoms with Crippen molar-refractivity contribution >= 4 is 0 Å². The zero-order valence-corrected chi connectivity index (χ0v) is 16.6. The van der Waals surface area contributed by atoms with Gasteiger partial charge in [-0.1, -0.05) is 17.3 Å². The molecular formula is C20H27F3N4O2. The zero-order chi connectivity index (χ0) is 20.7. The lowest BCUT2D eigenvalue weighted by Gasteiger charge is -2.33. The minimum atomic E-state index is -4.40. The number of ether oxygens (including phenoxy) is 1. The summed E-state index contributed by atoms with van der Waals surface area (Å²) >= 11 is 0. The molecule has 1 fully saturated rings. The van der Waals surface area contributed by atoms with Crippen LogP contribution in [-0.4, -0.2) is 66.4 Å². The Bertz CT molecular complexity index is 758. The van der Waals surface area contributed by atoms with Gasteiger partial charge in [0.25, 0.3) is 0 Å². The second-order valence-electron chi connectivity index (χ2n) is 7.26. The van der Waals surface area contributed by atoms with E-state index in [1.54, 1.807) is 13.2 Å². The molecule has 3 rings (SSSR count). The van der Waals surface area contributed by atoms with Crippen LogP contribution in [0.1, 0.15) is 30.7 Å². The zero-order valence-electron chi connectivity index (χ0n) is 16.6. The number of alkyl halides is 3. The van der Waals surface area contributed by atoms with Crippen LogP contribution in [-0.2, 0) is 17.5 Å². The Morgan fingerprint density at radius 1 is 1.07 bits per heavy atom. The SMILES string of the molecule is COCCCCCN1CCN(Cc2nc(-c3cccc(C(F)(F)F)c3)no2)CC1. The standard InChI is InChI=1S/C20H27F3N4O2/c1-28-13-4-2-3-8-26-9-11-27(12-10-26)15-18-24-19(25-29-18)16-6-5-7-17(14-16)20(21,22)23/h5-7,14H,2-4,8-13,15H2,1H3. The molecule has 0 atom stereocenters. The normalized spacial score (nSPS) is 16.4. The van der Waals surface area contributed by atoms with Crippen LogP contribution in [0.4, 0.5) is 13.2 Å². The summed E-state index contributed by atoms with van der Waals surface area (Å²) in [5, 5.41) is 3.85. The quantitative estimate of drug-likeness (QED) is 0.586. The summed E-state index contributed by atoms with van der Waals surface area (Å²) in [6.45, 7) is 6.20. The van der Waals surface area contributed by atoms with E-state index >= 15 is 0 Å². The molecule has 1 aliphatic rings. The van der Waals surface area contributed by atoms with Crippen LogP contribution in [0, 0.1) is 0 Å². The molecule has 0 unspecified atom stereocenters. The van der Waals surface area contributed by atoms with Crippen LogP contribution >= 0.6 is 0 Å². The van der Waals surface area contributed by atoms with Gasteiger partial charge >= 0.3 is 6.18 Å². The predicted octanol–water partition coefficient (Wildman–Crippen LogP) is 3.69. The average Bonchev–Trinajstić information content (AvgIpc) is 3.17. The van der Waals surface area contributed by atoms with E-state index in [4.69, 9.17) is 9.26 Å². The Balaban J connectivity index is 1.47. The average molecular weight is 412 g/mol. The maximum atomic E-state index is 12.9. The van der Waals surface area contributed by atoms with Gasteiger partial charge in [0.1, 0.15) is 0 Å². The Labute approximate surface area is 168 Å². The van der Waals surface area contributed by atoms with Crippen molar-refractivity contribution in [3.05, 3.63) is 35.7 Å². The van der Waals surface area contributed by atoms with Gasteiger partial charge in [-0.2, -0.15) is 18.2 Å². The fourth-order valence-electron chi connectivity index (χ4n) is 3.39. The van der Waals surface area contributed by atoms with E-state index in [0.717, 1.165) is 57.9 Å². The maximum absolute atomic E-state index is 12.9. The number of rotatable bonds is 9. The predicted molar refractivity (Wildman–Crippen MR) is 102 cm³/mol. The smallest absolute Gasteiger partial charge is 0.385 e. The first-order valence-electron chi connectivity index (χ1n) is 9.89. The van der Waals surface area contributed by atoms with Crippen LogP contribution < -0.4 is 0 Å². The van der Waals surface area contributed by atoms with Crippen molar-refractivity contribution < 1.29 is 22.4 Å². The van der Waals surface area contributed by atoms with E-state index in [1.807, 2.05) is 0 Å². The molecule has 2 aromatic rings. The summed E-state index contributed by atoms with van der Waals surface area (Å²) in [6.07, 6.45) is -0.949. The van der Waals surface area contributed by atoms with Crippen LogP contribution in [0.15, 0.2) is 28.8 Å². The first-order valence-corrected chi connectivity index (χ1v) is 9.89. The number of benzene rings is 1. The number of hydrogen-bond donors (Lipinski definition) is 0. The highest BCUT2D eigenvalue weighted by molar-refractivity contribution is 5.55. The molecular weight excluding hydrogens is 385 g/mol. The molecule has 2 heterocycles. The van der Waals surface area contributed by atoms with Crippen LogP contribution in [0.25, 0.3) is 11.4 Å². The summed E-state index contributed by atoms with van der Waals surface area (Å²) in [5.41, 5.74) is -0.423. The Kier molecular flexibility index (Phi) is 7.63. The summed E-state index contributed by atoms with van der Waals surface area (Å²) in [4.78, 5) is 8.96. The second-order valence-corrected chi connectivity index (χ2v) is 7.26. The van der Waals surface area contributed by atoms with Crippen LogP contribution in [0.5, 0.6) is 0 Å². The van der Waals surface area contributed by atoms with Crippen LogP contribution in [0.2, 0.25) is 0 Å². The van der Waals surface area contributed by atoms with Gasteiger partial charge in [0.05, 0.1) is 12.1 Å². The molecule has 1 saturated heterocycles. The topological polar surface area (TPSA) is 54.6 Å². The Hall–Kier alpha value is -1.97. The molecule has 0 N–H and O–H groups in total. The van der Waals surface area contributed by atoms with Crippen molar-refractivity contribution in [1.82, 2.24) is 19.9 Å². The van der Waals surface area contributed by atoms with Gasteiger partial charge in [-0.3, -0.25) is 4.90 Å². The molecule has 1 aromatic carbocycles. The lowest BCUT2D eigenvalue weighted by molar-refractivity contribution is -0.137. The number of nitrogens with zero attached hydrogens (tertiary/aromatic N) is 4. The van der Waals surface area contributed by atoms with Crippen molar-refractivity contribution in [3.63, 3.8) is 0 Å². The van der Waals surface area contributed by atoms with Crippen molar-refractivity contribution in [2.45, 2.75) is 32.0 Å². The molecule has 0 aliphatic carbocycles. The Morgan fingerprint density at radius 3 is 2.55 bits per heavy atom. The maximum Gasteiger partial charge on any atom is 0.416 e. The number of aromatic nitrogens is 2. The van der Waals surface area contributed by atoms with E-state index in [9.17, 15) is 13.2 Å². The molecule has 0 amide bonds. The summed E-state index contributed by atoms with van der Waals surface area (Å²) in [5.74, 6) is 0.603. The summed E-state index contributed by atoms with van der Waals surface area (Å²) in [6, 6.07) is 4.97. The van der Waals surface area contributed by atoms with Crippen LogP contribution in [0.3, 0.4) is 0 Å². The van der Waals surface area contributed by atoms with Gasteiger partial charge in [-0.25, -0.2) is 0 Å². The van der Waals surface area contributed by atoms with E-state index in [1.165, 1.54) is 18.9 Å². The Morgan fingerprint density at radius 2 is 1.83 bits per heavy atom. The van der Waals surface area contributed by atoms with E-state index in [2.05, 4.69) is 19.9 Å². The first-order chi connectivity index (χ1) is 14.0. The van der Waals surface area contributed by atoms with Gasteiger partial charge in [0.15, 0.2) is 0 Å². The molecule has 0 bridgehead atoms. The fourth-order valence-corrected chi connectivity index (χ4v) is 3.39. The molecule has 1 aliphatic heterocycles.